The number of nitrogens with zero attached hydrogens (tertiary/aromatic N) is 2. The number of hydrogen-bond acceptors (Lipinski definition) is 4. The van der Waals surface area contributed by atoms with E-state index in [1.54, 1.807) is 0 Å². The predicted molar refractivity (Wildman–Crippen MR) is 75.0 cm³/mol. The van der Waals surface area contributed by atoms with Gasteiger partial charge < -0.3 is 0 Å². The fourth-order valence-corrected chi connectivity index (χ4v) is 4.16. The Labute approximate surface area is 120 Å². The SMILES string of the molecule is CCCN(CCC)S(=O)(=O)N1CC(=O)NC(=O)C1(C)C. The lowest BCUT2D eigenvalue weighted by atomic mass is 10.0. The molecule has 0 aromatic carbocycles. The monoisotopic (exact) mass is 305 g/mol. The molecule has 1 heterocycles. The van der Waals surface area contributed by atoms with Crippen LogP contribution >= 0.6 is 0 Å². The Morgan fingerprint density at radius 2 is 1.70 bits per heavy atom. The van der Waals surface area contributed by atoms with Crippen LogP contribution < -0.4 is 5.32 Å². The van der Waals surface area contributed by atoms with E-state index < -0.39 is 27.6 Å². The van der Waals surface area contributed by atoms with Gasteiger partial charge in [0.1, 0.15) is 5.54 Å². The topological polar surface area (TPSA) is 86.8 Å². The van der Waals surface area contributed by atoms with Gasteiger partial charge in [0.05, 0.1) is 6.54 Å². The van der Waals surface area contributed by atoms with E-state index >= 15 is 0 Å². The number of carbonyl (C=O) groups excluding carboxylic acids is 2. The fraction of sp³-hybridized carbons (Fsp3) is 0.833. The Morgan fingerprint density at radius 3 is 2.15 bits per heavy atom. The van der Waals surface area contributed by atoms with Crippen LogP contribution in [0, 0.1) is 0 Å². The van der Waals surface area contributed by atoms with E-state index in [0.29, 0.717) is 25.9 Å². The first-order chi connectivity index (χ1) is 9.17. The van der Waals surface area contributed by atoms with Crippen LogP contribution in [0.3, 0.4) is 0 Å². The van der Waals surface area contributed by atoms with E-state index in [9.17, 15) is 18.0 Å². The molecule has 0 bridgehead atoms. The summed E-state index contributed by atoms with van der Waals surface area (Å²) in [6.07, 6.45) is 1.35. The molecule has 2 amide bonds. The molecular weight excluding hydrogens is 282 g/mol. The molecule has 0 saturated carbocycles. The van der Waals surface area contributed by atoms with E-state index in [2.05, 4.69) is 5.32 Å². The van der Waals surface area contributed by atoms with Gasteiger partial charge in [-0.05, 0) is 26.7 Å². The van der Waals surface area contributed by atoms with Crippen LogP contribution in [0.2, 0.25) is 0 Å². The number of carbonyl (C=O) groups is 2. The maximum absolute atomic E-state index is 12.7. The molecular formula is C12H23N3O4S. The van der Waals surface area contributed by atoms with Crippen LogP contribution in [0.15, 0.2) is 0 Å². The molecule has 0 unspecified atom stereocenters. The van der Waals surface area contributed by atoms with E-state index in [0.717, 1.165) is 4.31 Å². The summed E-state index contributed by atoms with van der Waals surface area (Å²) in [6, 6.07) is 0. The summed E-state index contributed by atoms with van der Waals surface area (Å²) < 4.78 is 27.7. The van der Waals surface area contributed by atoms with Crippen molar-refractivity contribution in [3.05, 3.63) is 0 Å². The lowest BCUT2D eigenvalue weighted by Crippen LogP contribution is -2.67. The molecule has 0 spiro atoms. The Kier molecular flexibility index (Phi) is 5.28. The second-order valence-electron chi connectivity index (χ2n) is 5.35. The van der Waals surface area contributed by atoms with Crippen molar-refractivity contribution in [1.29, 1.82) is 0 Å². The maximum Gasteiger partial charge on any atom is 0.283 e. The minimum absolute atomic E-state index is 0.328. The predicted octanol–water partition coefficient (Wildman–Crippen LogP) is 0.0902. The average molecular weight is 305 g/mol. The number of piperazine rings is 1. The van der Waals surface area contributed by atoms with Crippen molar-refractivity contribution in [2.75, 3.05) is 19.6 Å². The van der Waals surface area contributed by atoms with Crippen LogP contribution in [-0.4, -0.2) is 54.0 Å². The first-order valence-electron chi connectivity index (χ1n) is 6.80. The Balaban J connectivity index is 3.16. The summed E-state index contributed by atoms with van der Waals surface area (Å²) in [7, 11) is -3.84. The molecule has 0 aliphatic carbocycles. The third kappa shape index (κ3) is 3.18. The van der Waals surface area contributed by atoms with E-state index in [1.165, 1.54) is 18.2 Å². The van der Waals surface area contributed by atoms with Gasteiger partial charge in [-0.3, -0.25) is 14.9 Å². The summed E-state index contributed by atoms with van der Waals surface area (Å²) in [5, 5.41) is 2.17. The molecule has 116 valence electrons. The van der Waals surface area contributed by atoms with E-state index in [-0.39, 0.29) is 6.54 Å². The maximum atomic E-state index is 12.7. The van der Waals surface area contributed by atoms with Gasteiger partial charge in [0.25, 0.3) is 10.2 Å². The van der Waals surface area contributed by atoms with Gasteiger partial charge in [-0.2, -0.15) is 17.0 Å². The molecule has 0 aromatic rings. The molecule has 20 heavy (non-hydrogen) atoms. The second kappa shape index (κ2) is 6.19. The first kappa shape index (κ1) is 17.1. The van der Waals surface area contributed by atoms with Crippen LogP contribution in [0.1, 0.15) is 40.5 Å². The zero-order valence-electron chi connectivity index (χ0n) is 12.5. The zero-order chi connectivity index (χ0) is 15.6. The molecule has 0 atom stereocenters. The highest BCUT2D eigenvalue weighted by Crippen LogP contribution is 2.24. The molecule has 8 heteroatoms. The van der Waals surface area contributed by atoms with Gasteiger partial charge in [-0.1, -0.05) is 13.8 Å². The lowest BCUT2D eigenvalue weighted by molar-refractivity contribution is -0.141. The zero-order valence-corrected chi connectivity index (χ0v) is 13.3. The standard InChI is InChI=1S/C12H23N3O4S/c1-5-7-14(8-6-2)20(18,19)15-9-10(16)13-11(17)12(15,3)4/h5-9H2,1-4H3,(H,13,16,17). The third-order valence-electron chi connectivity index (χ3n) is 3.27. The molecule has 1 saturated heterocycles. The summed E-state index contributed by atoms with van der Waals surface area (Å²) in [4.78, 5) is 23.4. The Hall–Kier alpha value is -0.990. The van der Waals surface area contributed by atoms with Crippen molar-refractivity contribution >= 4 is 22.0 Å². The average Bonchev–Trinajstić information content (AvgIpc) is 2.33. The molecule has 7 nitrogen and oxygen atoms in total. The fourth-order valence-electron chi connectivity index (χ4n) is 2.11. The number of amides is 2. The quantitative estimate of drug-likeness (QED) is 0.705. The molecule has 1 fully saturated rings. The number of imide groups is 1. The van der Waals surface area contributed by atoms with Gasteiger partial charge in [-0.15, -0.1) is 0 Å². The molecule has 1 N–H and O–H groups in total. The van der Waals surface area contributed by atoms with Gasteiger partial charge >= 0.3 is 0 Å². The number of nitrogens with one attached hydrogen (secondary N) is 1. The van der Waals surface area contributed by atoms with Crippen molar-refractivity contribution in [2.24, 2.45) is 0 Å². The minimum Gasteiger partial charge on any atom is -0.294 e. The second-order valence-corrected chi connectivity index (χ2v) is 7.20. The van der Waals surface area contributed by atoms with Crippen LogP contribution in [0.25, 0.3) is 0 Å². The highest BCUT2D eigenvalue weighted by atomic mass is 32.2. The minimum atomic E-state index is -3.84. The van der Waals surface area contributed by atoms with Gasteiger partial charge in [0.15, 0.2) is 0 Å². The largest absolute Gasteiger partial charge is 0.294 e. The number of rotatable bonds is 6. The normalized spacial score (nSPS) is 20.2. The van der Waals surface area contributed by atoms with E-state index in [4.69, 9.17) is 0 Å². The molecule has 0 aromatic heterocycles. The summed E-state index contributed by atoms with van der Waals surface area (Å²) >= 11 is 0. The summed E-state index contributed by atoms with van der Waals surface area (Å²) in [5.41, 5.74) is -1.27. The van der Waals surface area contributed by atoms with Crippen molar-refractivity contribution in [1.82, 2.24) is 13.9 Å². The van der Waals surface area contributed by atoms with Gasteiger partial charge in [0, 0.05) is 13.1 Å². The van der Waals surface area contributed by atoms with Crippen molar-refractivity contribution in [3.63, 3.8) is 0 Å². The Bertz CT molecular complexity index is 481. The van der Waals surface area contributed by atoms with Crippen LogP contribution in [-0.2, 0) is 19.8 Å². The van der Waals surface area contributed by atoms with Gasteiger partial charge in [0.2, 0.25) is 11.8 Å². The molecule has 0 radical (unpaired) electrons. The van der Waals surface area contributed by atoms with Gasteiger partial charge in [-0.25, -0.2) is 0 Å². The van der Waals surface area contributed by atoms with Crippen LogP contribution in [0.4, 0.5) is 0 Å². The third-order valence-corrected chi connectivity index (χ3v) is 5.43. The lowest BCUT2D eigenvalue weighted by Gasteiger charge is -2.41. The van der Waals surface area contributed by atoms with Crippen molar-refractivity contribution in [2.45, 2.75) is 46.1 Å². The summed E-state index contributed by atoms with van der Waals surface area (Å²) in [6.45, 7) is 7.20. The smallest absolute Gasteiger partial charge is 0.283 e. The Morgan fingerprint density at radius 1 is 1.20 bits per heavy atom. The molecule has 1 rings (SSSR count). The van der Waals surface area contributed by atoms with Crippen molar-refractivity contribution < 1.29 is 18.0 Å². The summed E-state index contributed by atoms with van der Waals surface area (Å²) in [5.74, 6) is -1.18. The van der Waals surface area contributed by atoms with Crippen molar-refractivity contribution in [3.8, 4) is 0 Å². The molecule has 1 aliphatic heterocycles. The van der Waals surface area contributed by atoms with Crippen LogP contribution in [0.5, 0.6) is 0 Å². The number of hydrogen-bond donors (Lipinski definition) is 1. The highest BCUT2D eigenvalue weighted by molar-refractivity contribution is 7.86. The molecule has 1 aliphatic rings. The first-order valence-corrected chi connectivity index (χ1v) is 8.19. The van der Waals surface area contributed by atoms with E-state index in [1.807, 2.05) is 13.8 Å². The highest BCUT2D eigenvalue weighted by Gasteiger charge is 2.48.